The number of benzene rings is 1. The number of rotatable bonds is 2. The Labute approximate surface area is 104 Å². The molecule has 3 rings (SSSR count). The van der Waals surface area contributed by atoms with E-state index < -0.39 is 11.3 Å². The van der Waals surface area contributed by atoms with E-state index in [9.17, 15) is 8.78 Å². The molecule has 1 atom stereocenters. The molecule has 94 valence electrons. The fraction of sp³-hybridized carbons (Fsp3) is 0.357. The van der Waals surface area contributed by atoms with Gasteiger partial charge in [-0.1, -0.05) is 12.1 Å². The molecule has 1 aromatic heterocycles. The van der Waals surface area contributed by atoms with Gasteiger partial charge in [-0.15, -0.1) is 0 Å². The van der Waals surface area contributed by atoms with E-state index in [0.29, 0.717) is 5.56 Å². The summed E-state index contributed by atoms with van der Waals surface area (Å²) in [6.07, 6.45) is -0.151. The molecule has 2 nitrogen and oxygen atoms in total. The maximum atomic E-state index is 13.5. The molecule has 18 heavy (non-hydrogen) atoms. The fourth-order valence-corrected chi connectivity index (χ4v) is 2.51. The summed E-state index contributed by atoms with van der Waals surface area (Å²) in [5, 5.41) is 0.883. The zero-order valence-corrected chi connectivity index (χ0v) is 10.1. The second-order valence-corrected chi connectivity index (χ2v) is 5.03. The van der Waals surface area contributed by atoms with Gasteiger partial charge in [0.05, 0.1) is 10.9 Å². The monoisotopic (exact) mass is 248 g/mol. The standard InChI is InChI=1S/C14H14F2N2/c1-9-2-3-10-6-11(4-5-12(10)18-9)13(8-17)7-14(13,15)16/h2-6H,7-8,17H2,1H3. The second kappa shape index (κ2) is 3.48. The van der Waals surface area contributed by atoms with Crippen LogP contribution in [-0.2, 0) is 5.41 Å². The molecule has 4 heteroatoms. The highest BCUT2D eigenvalue weighted by molar-refractivity contribution is 5.80. The highest BCUT2D eigenvalue weighted by atomic mass is 19.3. The third-order valence-electron chi connectivity index (χ3n) is 3.83. The van der Waals surface area contributed by atoms with Gasteiger partial charge in [0, 0.05) is 24.0 Å². The lowest BCUT2D eigenvalue weighted by Gasteiger charge is -2.15. The summed E-state index contributed by atoms with van der Waals surface area (Å²) in [5.41, 5.74) is 6.75. The summed E-state index contributed by atoms with van der Waals surface area (Å²) in [7, 11) is 0. The molecule has 0 saturated heterocycles. The summed E-state index contributed by atoms with van der Waals surface area (Å²) < 4.78 is 27.0. The number of fused-ring (bicyclic) bond motifs is 1. The van der Waals surface area contributed by atoms with Crippen LogP contribution in [-0.4, -0.2) is 17.5 Å². The van der Waals surface area contributed by atoms with Crippen molar-refractivity contribution in [1.29, 1.82) is 0 Å². The van der Waals surface area contributed by atoms with Crippen LogP contribution >= 0.6 is 0 Å². The van der Waals surface area contributed by atoms with Gasteiger partial charge in [0.25, 0.3) is 5.92 Å². The summed E-state index contributed by atoms with van der Waals surface area (Å²) in [6, 6.07) is 9.10. The van der Waals surface area contributed by atoms with Gasteiger partial charge in [-0.25, -0.2) is 8.78 Å². The molecule has 0 amide bonds. The maximum Gasteiger partial charge on any atom is 0.260 e. The van der Waals surface area contributed by atoms with Crippen molar-refractivity contribution in [2.75, 3.05) is 6.54 Å². The van der Waals surface area contributed by atoms with Gasteiger partial charge in [-0.3, -0.25) is 4.98 Å². The van der Waals surface area contributed by atoms with Gasteiger partial charge >= 0.3 is 0 Å². The predicted molar refractivity (Wildman–Crippen MR) is 66.8 cm³/mol. The van der Waals surface area contributed by atoms with Crippen molar-refractivity contribution in [1.82, 2.24) is 4.98 Å². The van der Waals surface area contributed by atoms with Crippen LogP contribution in [0.4, 0.5) is 8.78 Å². The Balaban J connectivity index is 2.12. The van der Waals surface area contributed by atoms with Gasteiger partial charge in [0.15, 0.2) is 0 Å². The molecule has 1 aliphatic rings. The van der Waals surface area contributed by atoms with E-state index in [1.165, 1.54) is 0 Å². The molecule has 1 aliphatic carbocycles. The summed E-state index contributed by atoms with van der Waals surface area (Å²) >= 11 is 0. The number of aryl methyl sites for hydroxylation is 1. The average Bonchev–Trinajstić information content (AvgIpc) is 2.92. The zero-order chi connectivity index (χ0) is 13.0. The van der Waals surface area contributed by atoms with E-state index in [2.05, 4.69) is 4.98 Å². The first-order valence-electron chi connectivity index (χ1n) is 5.94. The number of hydrogen-bond donors (Lipinski definition) is 1. The van der Waals surface area contributed by atoms with Crippen molar-refractivity contribution in [2.45, 2.75) is 24.7 Å². The minimum atomic E-state index is -2.67. The average molecular weight is 248 g/mol. The molecule has 1 aromatic carbocycles. The van der Waals surface area contributed by atoms with Crippen molar-refractivity contribution in [3.63, 3.8) is 0 Å². The van der Waals surface area contributed by atoms with Crippen LogP contribution in [0.3, 0.4) is 0 Å². The topological polar surface area (TPSA) is 38.9 Å². The summed E-state index contributed by atoms with van der Waals surface area (Å²) in [6.45, 7) is 1.88. The number of pyridine rings is 1. The zero-order valence-electron chi connectivity index (χ0n) is 10.1. The van der Waals surface area contributed by atoms with Crippen LogP contribution in [0.15, 0.2) is 30.3 Å². The predicted octanol–water partition coefficient (Wildman–Crippen LogP) is 2.78. The Morgan fingerprint density at radius 3 is 2.61 bits per heavy atom. The van der Waals surface area contributed by atoms with Crippen molar-refractivity contribution in [2.24, 2.45) is 5.73 Å². The molecule has 0 spiro atoms. The van der Waals surface area contributed by atoms with Gasteiger partial charge in [-0.2, -0.15) is 0 Å². The van der Waals surface area contributed by atoms with Gasteiger partial charge in [-0.05, 0) is 30.7 Å². The lowest BCUT2D eigenvalue weighted by atomic mass is 9.94. The van der Waals surface area contributed by atoms with Crippen LogP contribution in [0.2, 0.25) is 0 Å². The lowest BCUT2D eigenvalue weighted by Crippen LogP contribution is -2.26. The van der Waals surface area contributed by atoms with Gasteiger partial charge < -0.3 is 5.73 Å². The number of hydrogen-bond acceptors (Lipinski definition) is 2. The minimum Gasteiger partial charge on any atom is -0.329 e. The van der Waals surface area contributed by atoms with Crippen LogP contribution in [0.25, 0.3) is 10.9 Å². The number of nitrogens with zero attached hydrogens (tertiary/aromatic N) is 1. The maximum absolute atomic E-state index is 13.5. The SMILES string of the molecule is Cc1ccc2cc(C3(CN)CC3(F)F)ccc2n1. The quantitative estimate of drug-likeness (QED) is 0.887. The Bertz CT molecular complexity index is 624. The Morgan fingerprint density at radius 1 is 1.28 bits per heavy atom. The fourth-order valence-electron chi connectivity index (χ4n) is 2.51. The number of alkyl halides is 2. The van der Waals surface area contributed by atoms with E-state index >= 15 is 0 Å². The molecular formula is C14H14F2N2. The van der Waals surface area contributed by atoms with Gasteiger partial charge in [0.2, 0.25) is 0 Å². The Hall–Kier alpha value is -1.55. The minimum absolute atomic E-state index is 0.0230. The third kappa shape index (κ3) is 1.45. The number of nitrogens with two attached hydrogens (primary N) is 1. The number of halogens is 2. The smallest absolute Gasteiger partial charge is 0.260 e. The van der Waals surface area contributed by atoms with Crippen LogP contribution in [0.5, 0.6) is 0 Å². The van der Waals surface area contributed by atoms with E-state index in [1.807, 2.05) is 19.1 Å². The molecule has 0 aliphatic heterocycles. The molecular weight excluding hydrogens is 234 g/mol. The Morgan fingerprint density at radius 2 is 2.00 bits per heavy atom. The van der Waals surface area contributed by atoms with Crippen molar-refractivity contribution >= 4 is 10.9 Å². The molecule has 1 heterocycles. The number of aromatic nitrogens is 1. The normalized spacial score (nSPS) is 25.3. The Kier molecular flexibility index (Phi) is 2.23. The van der Waals surface area contributed by atoms with Crippen LogP contribution < -0.4 is 5.73 Å². The lowest BCUT2D eigenvalue weighted by molar-refractivity contribution is 0.0896. The van der Waals surface area contributed by atoms with E-state index in [4.69, 9.17) is 5.73 Å². The molecule has 2 N–H and O–H groups in total. The van der Waals surface area contributed by atoms with Crippen molar-refractivity contribution < 1.29 is 8.78 Å². The summed E-state index contributed by atoms with van der Waals surface area (Å²) in [5.74, 6) is -2.67. The van der Waals surface area contributed by atoms with Crippen LogP contribution in [0.1, 0.15) is 17.7 Å². The summed E-state index contributed by atoms with van der Waals surface area (Å²) in [4.78, 5) is 4.36. The van der Waals surface area contributed by atoms with Gasteiger partial charge in [0.1, 0.15) is 0 Å². The molecule has 2 aromatic rings. The second-order valence-electron chi connectivity index (χ2n) is 5.03. The van der Waals surface area contributed by atoms with Crippen molar-refractivity contribution in [3.8, 4) is 0 Å². The van der Waals surface area contributed by atoms with E-state index in [-0.39, 0.29) is 13.0 Å². The van der Waals surface area contributed by atoms with E-state index in [0.717, 1.165) is 16.6 Å². The van der Waals surface area contributed by atoms with Crippen molar-refractivity contribution in [3.05, 3.63) is 41.6 Å². The molecule has 1 saturated carbocycles. The first-order chi connectivity index (χ1) is 8.48. The molecule has 0 bridgehead atoms. The first-order valence-corrected chi connectivity index (χ1v) is 5.94. The van der Waals surface area contributed by atoms with E-state index in [1.54, 1.807) is 18.2 Å². The highest BCUT2D eigenvalue weighted by Gasteiger charge is 2.71. The molecule has 1 fully saturated rings. The van der Waals surface area contributed by atoms with Crippen LogP contribution in [0, 0.1) is 6.92 Å². The third-order valence-corrected chi connectivity index (χ3v) is 3.83. The molecule has 0 radical (unpaired) electrons. The first kappa shape index (κ1) is 11.5. The largest absolute Gasteiger partial charge is 0.329 e. The highest BCUT2D eigenvalue weighted by Crippen LogP contribution is 2.61. The molecule has 1 unspecified atom stereocenters.